The number of ether oxygens (including phenoxy) is 5. The molecule has 1 N–H and O–H groups in total. The number of carbonyl (C=O) groups excluding carboxylic acids is 2. The third kappa shape index (κ3) is 6.85. The van der Waals surface area contributed by atoms with E-state index in [4.69, 9.17) is 14.2 Å². The van der Waals surface area contributed by atoms with Crippen molar-refractivity contribution in [2.24, 2.45) is 0 Å². The van der Waals surface area contributed by atoms with E-state index in [9.17, 15) is 9.59 Å². The number of hydrogen-bond donors (Lipinski definition) is 2. The van der Waals surface area contributed by atoms with Crippen molar-refractivity contribution in [1.29, 1.82) is 0 Å². The zero-order valence-electron chi connectivity index (χ0n) is 17.1. The average Bonchev–Trinajstić information content (AvgIpc) is 3.22. The minimum Gasteiger partial charge on any atom is -0.495 e. The molecule has 2 saturated heterocycles. The number of thiol groups is 1. The second kappa shape index (κ2) is 13.1. The van der Waals surface area contributed by atoms with Gasteiger partial charge in [0.15, 0.2) is 5.79 Å². The van der Waals surface area contributed by atoms with Gasteiger partial charge in [0, 0.05) is 25.9 Å². The Morgan fingerprint density at radius 3 is 2.07 bits per heavy atom. The lowest BCUT2D eigenvalue weighted by Gasteiger charge is -2.31. The fourth-order valence-corrected chi connectivity index (χ4v) is 3.43. The average molecular weight is 494 g/mol. The SMILES string of the molecule is C1CC2(CCN1)OCCO2.COC(=O)c1ccc(Br)c(OC)c1C(=O)OC.CS. The minimum atomic E-state index is -0.663. The van der Waals surface area contributed by atoms with Gasteiger partial charge in [-0.15, -0.1) is 0 Å². The number of carbonyl (C=O) groups is 2. The van der Waals surface area contributed by atoms with Gasteiger partial charge in [-0.05, 0) is 34.3 Å². The number of rotatable bonds is 3. The zero-order valence-corrected chi connectivity index (χ0v) is 19.6. The van der Waals surface area contributed by atoms with Crippen LogP contribution in [0.1, 0.15) is 33.6 Å². The highest BCUT2D eigenvalue weighted by Crippen LogP contribution is 2.32. The molecule has 2 fully saturated rings. The third-order valence-electron chi connectivity index (χ3n) is 4.29. The third-order valence-corrected chi connectivity index (χ3v) is 4.91. The van der Waals surface area contributed by atoms with Crippen LogP contribution in [0, 0.1) is 0 Å². The van der Waals surface area contributed by atoms with Crippen LogP contribution >= 0.6 is 28.6 Å². The van der Waals surface area contributed by atoms with E-state index in [2.05, 4.69) is 43.3 Å². The summed E-state index contributed by atoms with van der Waals surface area (Å²) >= 11 is 6.75. The number of benzene rings is 1. The number of nitrogens with one attached hydrogen (secondary N) is 1. The van der Waals surface area contributed by atoms with Crippen molar-refractivity contribution in [3.05, 3.63) is 27.7 Å². The second-order valence-corrected chi connectivity index (χ2v) is 6.70. The Hall–Kier alpha value is -1.33. The largest absolute Gasteiger partial charge is 0.495 e. The summed E-state index contributed by atoms with van der Waals surface area (Å²) in [5.74, 6) is -1.25. The normalized spacial score (nSPS) is 16.6. The van der Waals surface area contributed by atoms with Gasteiger partial charge in [-0.2, -0.15) is 12.6 Å². The maximum atomic E-state index is 11.7. The van der Waals surface area contributed by atoms with E-state index in [1.165, 1.54) is 27.4 Å². The van der Waals surface area contributed by atoms with E-state index in [0.717, 1.165) is 39.1 Å². The molecule has 0 saturated carbocycles. The van der Waals surface area contributed by atoms with Crippen molar-refractivity contribution in [2.45, 2.75) is 18.6 Å². The van der Waals surface area contributed by atoms with Gasteiger partial charge in [-0.3, -0.25) is 0 Å². The van der Waals surface area contributed by atoms with Crippen molar-refractivity contribution in [2.75, 3.05) is 53.9 Å². The van der Waals surface area contributed by atoms with Crippen LogP contribution in [0.15, 0.2) is 16.6 Å². The molecule has 164 valence electrons. The van der Waals surface area contributed by atoms with Gasteiger partial charge in [0.05, 0.1) is 44.6 Å². The van der Waals surface area contributed by atoms with Gasteiger partial charge in [0.25, 0.3) is 0 Å². The quantitative estimate of drug-likeness (QED) is 0.490. The molecule has 0 atom stereocenters. The van der Waals surface area contributed by atoms with Crippen LogP contribution in [0.4, 0.5) is 0 Å². The lowest BCUT2D eigenvalue weighted by atomic mass is 10.1. The first kappa shape index (κ1) is 25.7. The summed E-state index contributed by atoms with van der Waals surface area (Å²) in [6, 6.07) is 3.06. The summed E-state index contributed by atoms with van der Waals surface area (Å²) in [5.41, 5.74) is 0.135. The first-order chi connectivity index (χ1) is 14.0. The van der Waals surface area contributed by atoms with Crippen molar-refractivity contribution < 1.29 is 33.3 Å². The molecule has 8 nitrogen and oxygen atoms in total. The summed E-state index contributed by atoms with van der Waals surface area (Å²) in [7, 11) is 3.86. The maximum Gasteiger partial charge on any atom is 0.342 e. The van der Waals surface area contributed by atoms with E-state index >= 15 is 0 Å². The molecule has 0 aliphatic carbocycles. The summed E-state index contributed by atoms with van der Waals surface area (Å²) in [5, 5.41) is 3.28. The molecule has 0 unspecified atom stereocenters. The molecule has 29 heavy (non-hydrogen) atoms. The molecule has 2 heterocycles. The Labute approximate surface area is 185 Å². The molecule has 1 aromatic rings. The summed E-state index contributed by atoms with van der Waals surface area (Å²) in [6.45, 7) is 3.61. The van der Waals surface area contributed by atoms with Gasteiger partial charge >= 0.3 is 11.9 Å². The van der Waals surface area contributed by atoms with Gasteiger partial charge in [0.1, 0.15) is 11.3 Å². The first-order valence-corrected chi connectivity index (χ1v) is 10.6. The summed E-state index contributed by atoms with van der Waals surface area (Å²) in [6.07, 6.45) is 3.71. The molecule has 0 radical (unpaired) electrons. The second-order valence-electron chi connectivity index (χ2n) is 5.84. The lowest BCUT2D eigenvalue weighted by Crippen LogP contribution is -2.42. The predicted molar refractivity (Wildman–Crippen MR) is 115 cm³/mol. The Morgan fingerprint density at radius 2 is 1.59 bits per heavy atom. The molecular formula is C19H28BrNO7S. The van der Waals surface area contributed by atoms with Crippen LogP contribution in [0.3, 0.4) is 0 Å². The Balaban J connectivity index is 0.000000295. The van der Waals surface area contributed by atoms with E-state index in [1.807, 2.05) is 0 Å². The van der Waals surface area contributed by atoms with E-state index < -0.39 is 11.9 Å². The number of esters is 2. The lowest BCUT2D eigenvalue weighted by molar-refractivity contribution is -0.172. The van der Waals surface area contributed by atoms with Crippen molar-refractivity contribution in [3.8, 4) is 5.75 Å². The summed E-state index contributed by atoms with van der Waals surface area (Å²) < 4.78 is 25.9. The molecule has 10 heteroatoms. The fraction of sp³-hybridized carbons (Fsp3) is 0.579. The number of halogens is 1. The van der Waals surface area contributed by atoms with Crippen LogP contribution in [-0.4, -0.2) is 71.6 Å². The van der Waals surface area contributed by atoms with Gasteiger partial charge in [-0.1, -0.05) is 0 Å². The Bertz CT molecular complexity index is 673. The fourth-order valence-electron chi connectivity index (χ4n) is 2.93. The number of methoxy groups -OCH3 is 3. The number of piperidine rings is 1. The van der Waals surface area contributed by atoms with Gasteiger partial charge in [-0.25, -0.2) is 9.59 Å². The molecule has 3 rings (SSSR count). The van der Waals surface area contributed by atoms with E-state index in [-0.39, 0.29) is 22.7 Å². The summed E-state index contributed by atoms with van der Waals surface area (Å²) in [4.78, 5) is 23.2. The molecule has 0 amide bonds. The highest BCUT2D eigenvalue weighted by atomic mass is 79.9. The predicted octanol–water partition coefficient (Wildman–Crippen LogP) is 2.69. The van der Waals surface area contributed by atoms with Crippen LogP contribution < -0.4 is 10.1 Å². The zero-order chi connectivity index (χ0) is 21.9. The van der Waals surface area contributed by atoms with Crippen molar-refractivity contribution in [3.63, 3.8) is 0 Å². The Kier molecular flexibility index (Phi) is 11.6. The smallest absolute Gasteiger partial charge is 0.342 e. The van der Waals surface area contributed by atoms with Crippen molar-refractivity contribution >= 4 is 40.5 Å². The number of hydrogen-bond acceptors (Lipinski definition) is 9. The minimum absolute atomic E-state index is 0.0382. The highest BCUT2D eigenvalue weighted by molar-refractivity contribution is 9.10. The maximum absolute atomic E-state index is 11.7. The highest BCUT2D eigenvalue weighted by Gasteiger charge is 2.37. The first-order valence-electron chi connectivity index (χ1n) is 8.94. The van der Waals surface area contributed by atoms with Crippen LogP contribution in [0.5, 0.6) is 5.75 Å². The molecule has 1 aromatic carbocycles. The monoisotopic (exact) mass is 493 g/mol. The standard InChI is InChI=1S/C11H11BrO5.C7H13NO2.CH4S/c1-15-9-7(12)5-4-6(10(13)16-2)8(9)11(14)17-3;1-3-8-4-2-7(1)9-5-6-10-7;1-2/h4-5H,1-3H3;8H,1-6H2;2H,1H3. The van der Waals surface area contributed by atoms with Crippen LogP contribution in [0.25, 0.3) is 0 Å². The molecule has 2 aliphatic rings. The topological polar surface area (TPSA) is 92.3 Å². The molecule has 0 aromatic heterocycles. The molecule has 0 bridgehead atoms. The molecule has 2 aliphatic heterocycles. The van der Waals surface area contributed by atoms with Gasteiger partial charge < -0.3 is 29.0 Å². The van der Waals surface area contributed by atoms with Crippen LogP contribution in [0.2, 0.25) is 0 Å². The van der Waals surface area contributed by atoms with Gasteiger partial charge in [0.2, 0.25) is 0 Å². The Morgan fingerprint density at radius 1 is 1.03 bits per heavy atom. The van der Waals surface area contributed by atoms with E-state index in [1.54, 1.807) is 12.3 Å². The molecular weight excluding hydrogens is 466 g/mol. The molecule has 1 spiro atoms. The van der Waals surface area contributed by atoms with Crippen molar-refractivity contribution in [1.82, 2.24) is 5.32 Å². The van der Waals surface area contributed by atoms with Crippen LogP contribution in [-0.2, 0) is 18.9 Å². The van der Waals surface area contributed by atoms with E-state index in [0.29, 0.717) is 4.47 Å².